The van der Waals surface area contributed by atoms with Gasteiger partial charge in [0.2, 0.25) is 21.8 Å². The Morgan fingerprint density at radius 3 is 2.21 bits per heavy atom. The Labute approximate surface area is 145 Å². The fourth-order valence-corrected chi connectivity index (χ4v) is 3.63. The molecule has 0 aliphatic rings. The van der Waals surface area contributed by atoms with Crippen molar-refractivity contribution in [3.05, 3.63) is 42.5 Å². The molecule has 9 heteroatoms. The van der Waals surface area contributed by atoms with Crippen LogP contribution in [0.5, 0.6) is 0 Å². The highest BCUT2D eigenvalue weighted by Crippen LogP contribution is 2.21. The van der Waals surface area contributed by atoms with Gasteiger partial charge in [-0.2, -0.15) is 4.72 Å². The third kappa shape index (κ3) is 4.22. The van der Waals surface area contributed by atoms with Crippen LogP contribution in [0.15, 0.2) is 47.4 Å². The Balaban J connectivity index is 0.00000288. The molecule has 0 radical (unpaired) electrons. The summed E-state index contributed by atoms with van der Waals surface area (Å²) < 4.78 is 27.2. The summed E-state index contributed by atoms with van der Waals surface area (Å²) in [7, 11) is -4.06. The Kier molecular flexibility index (Phi) is 5.94. The van der Waals surface area contributed by atoms with Crippen molar-refractivity contribution in [3.8, 4) is 0 Å². The second-order valence-electron chi connectivity index (χ2n) is 5.45. The molecule has 0 saturated heterocycles. The van der Waals surface area contributed by atoms with Gasteiger partial charge in [0.05, 0.1) is 11.3 Å². The number of carbonyl (C=O) groups is 2. The molecule has 2 rings (SSSR count). The Morgan fingerprint density at radius 2 is 1.67 bits per heavy atom. The average molecular weight is 372 g/mol. The van der Waals surface area contributed by atoms with Gasteiger partial charge in [0.15, 0.2) is 0 Å². The van der Waals surface area contributed by atoms with Gasteiger partial charge in [-0.05, 0) is 29.8 Å². The third-order valence-electron chi connectivity index (χ3n) is 3.46. The standard InChI is InChI=1S/C15H17N3O4S.ClH/c1-15(14(17)20,9-13(16)19)18-23(21,22)12-7-6-10-4-2-3-5-11(10)8-12;/h2-8,18H,9H2,1H3,(H2,16,19)(H2,17,20);1H. The third-order valence-corrected chi connectivity index (χ3v) is 5.06. The number of hydrogen-bond acceptors (Lipinski definition) is 4. The summed E-state index contributed by atoms with van der Waals surface area (Å²) in [6.07, 6.45) is -0.533. The molecule has 2 aromatic carbocycles. The average Bonchev–Trinajstić information content (AvgIpc) is 2.45. The predicted molar refractivity (Wildman–Crippen MR) is 92.9 cm³/mol. The number of rotatable bonds is 6. The zero-order chi connectivity index (χ0) is 17.3. The van der Waals surface area contributed by atoms with Crippen LogP contribution < -0.4 is 16.2 Å². The monoisotopic (exact) mass is 371 g/mol. The molecule has 0 spiro atoms. The normalized spacial score (nSPS) is 13.7. The zero-order valence-corrected chi connectivity index (χ0v) is 14.5. The number of benzene rings is 2. The first-order valence-electron chi connectivity index (χ1n) is 6.75. The highest BCUT2D eigenvalue weighted by atomic mass is 35.5. The van der Waals surface area contributed by atoms with Crippen LogP contribution in [0.4, 0.5) is 0 Å². The highest BCUT2D eigenvalue weighted by molar-refractivity contribution is 7.89. The molecule has 1 atom stereocenters. The predicted octanol–water partition coefficient (Wildman–Crippen LogP) is 0.659. The van der Waals surface area contributed by atoms with Crippen LogP contribution in [0.1, 0.15) is 13.3 Å². The van der Waals surface area contributed by atoms with Crippen molar-refractivity contribution in [2.75, 3.05) is 0 Å². The maximum absolute atomic E-state index is 12.5. The fourth-order valence-electron chi connectivity index (χ4n) is 2.21. The van der Waals surface area contributed by atoms with Gasteiger partial charge in [-0.15, -0.1) is 12.4 Å². The molecule has 130 valence electrons. The first-order chi connectivity index (χ1) is 10.6. The number of hydrogen-bond donors (Lipinski definition) is 3. The van der Waals surface area contributed by atoms with E-state index in [9.17, 15) is 18.0 Å². The maximum Gasteiger partial charge on any atom is 0.241 e. The van der Waals surface area contributed by atoms with E-state index in [2.05, 4.69) is 4.72 Å². The minimum Gasteiger partial charge on any atom is -0.370 e. The topological polar surface area (TPSA) is 132 Å². The van der Waals surface area contributed by atoms with E-state index in [1.165, 1.54) is 19.1 Å². The van der Waals surface area contributed by atoms with Crippen LogP contribution in [0, 0.1) is 0 Å². The van der Waals surface area contributed by atoms with E-state index < -0.39 is 33.8 Å². The number of nitrogens with two attached hydrogens (primary N) is 2. The maximum atomic E-state index is 12.5. The number of amides is 2. The SMILES string of the molecule is CC(CC(N)=O)(NS(=O)(=O)c1ccc2ccccc2c1)C(N)=O.Cl. The van der Waals surface area contributed by atoms with E-state index in [1.807, 2.05) is 12.1 Å². The van der Waals surface area contributed by atoms with Crippen molar-refractivity contribution in [1.82, 2.24) is 4.72 Å². The van der Waals surface area contributed by atoms with E-state index in [0.29, 0.717) is 0 Å². The Morgan fingerprint density at radius 1 is 1.08 bits per heavy atom. The number of nitrogens with one attached hydrogen (secondary N) is 1. The van der Waals surface area contributed by atoms with Crippen molar-refractivity contribution in [1.29, 1.82) is 0 Å². The van der Waals surface area contributed by atoms with Gasteiger partial charge in [-0.25, -0.2) is 8.42 Å². The molecule has 0 heterocycles. The lowest BCUT2D eigenvalue weighted by Gasteiger charge is -2.25. The lowest BCUT2D eigenvalue weighted by Crippen LogP contribution is -2.56. The van der Waals surface area contributed by atoms with E-state index >= 15 is 0 Å². The second kappa shape index (κ2) is 7.16. The van der Waals surface area contributed by atoms with Crippen LogP contribution in [0.3, 0.4) is 0 Å². The minimum absolute atomic E-state index is 0. The fraction of sp³-hybridized carbons (Fsp3) is 0.200. The zero-order valence-electron chi connectivity index (χ0n) is 12.9. The molecule has 24 heavy (non-hydrogen) atoms. The lowest BCUT2D eigenvalue weighted by molar-refractivity contribution is -0.128. The number of fused-ring (bicyclic) bond motifs is 1. The number of carbonyl (C=O) groups excluding carboxylic acids is 2. The molecule has 0 aliphatic heterocycles. The van der Waals surface area contributed by atoms with Crippen LogP contribution in [-0.4, -0.2) is 25.8 Å². The van der Waals surface area contributed by atoms with E-state index in [1.54, 1.807) is 18.2 Å². The van der Waals surface area contributed by atoms with Crippen molar-refractivity contribution < 1.29 is 18.0 Å². The second-order valence-corrected chi connectivity index (χ2v) is 7.14. The summed E-state index contributed by atoms with van der Waals surface area (Å²) in [5.41, 5.74) is 8.49. The lowest BCUT2D eigenvalue weighted by atomic mass is 9.98. The summed E-state index contributed by atoms with van der Waals surface area (Å²) in [6, 6.07) is 11.8. The van der Waals surface area contributed by atoms with Crippen LogP contribution in [0.25, 0.3) is 10.8 Å². The van der Waals surface area contributed by atoms with Gasteiger partial charge in [-0.1, -0.05) is 30.3 Å². The molecule has 0 aromatic heterocycles. The molecular weight excluding hydrogens is 354 g/mol. The van der Waals surface area contributed by atoms with E-state index in [-0.39, 0.29) is 17.3 Å². The molecule has 2 amide bonds. The molecule has 5 N–H and O–H groups in total. The molecule has 0 fully saturated rings. The highest BCUT2D eigenvalue weighted by Gasteiger charge is 2.37. The molecule has 0 aliphatic carbocycles. The van der Waals surface area contributed by atoms with Gasteiger partial charge in [0.1, 0.15) is 5.54 Å². The Bertz CT molecular complexity index is 885. The van der Waals surface area contributed by atoms with Crippen molar-refractivity contribution in [2.24, 2.45) is 11.5 Å². The summed E-state index contributed by atoms with van der Waals surface area (Å²) in [5, 5.41) is 1.60. The van der Waals surface area contributed by atoms with Crippen LogP contribution in [0.2, 0.25) is 0 Å². The van der Waals surface area contributed by atoms with Crippen molar-refractivity contribution in [3.63, 3.8) is 0 Å². The summed E-state index contributed by atoms with van der Waals surface area (Å²) in [4.78, 5) is 22.6. The van der Waals surface area contributed by atoms with Gasteiger partial charge in [0.25, 0.3) is 0 Å². The molecule has 0 bridgehead atoms. The molecule has 2 aromatic rings. The van der Waals surface area contributed by atoms with Crippen molar-refractivity contribution in [2.45, 2.75) is 23.8 Å². The summed E-state index contributed by atoms with van der Waals surface area (Å²) in [5.74, 6) is -1.83. The molecular formula is C15H18ClN3O4S. The molecule has 0 saturated carbocycles. The van der Waals surface area contributed by atoms with Crippen molar-refractivity contribution >= 4 is 45.0 Å². The van der Waals surface area contributed by atoms with E-state index in [4.69, 9.17) is 11.5 Å². The first-order valence-corrected chi connectivity index (χ1v) is 8.23. The largest absolute Gasteiger partial charge is 0.370 e. The summed E-state index contributed by atoms with van der Waals surface area (Å²) in [6.45, 7) is 1.22. The quantitative estimate of drug-likeness (QED) is 0.687. The summed E-state index contributed by atoms with van der Waals surface area (Å²) >= 11 is 0. The number of primary amides is 2. The first kappa shape index (κ1) is 19.9. The smallest absolute Gasteiger partial charge is 0.241 e. The van der Waals surface area contributed by atoms with Gasteiger partial charge >= 0.3 is 0 Å². The van der Waals surface area contributed by atoms with Gasteiger partial charge in [0, 0.05) is 0 Å². The number of halogens is 1. The van der Waals surface area contributed by atoms with E-state index in [0.717, 1.165) is 10.8 Å². The van der Waals surface area contributed by atoms with Crippen LogP contribution >= 0.6 is 12.4 Å². The van der Waals surface area contributed by atoms with Gasteiger partial charge in [-0.3, -0.25) is 9.59 Å². The van der Waals surface area contributed by atoms with Gasteiger partial charge < -0.3 is 11.5 Å². The minimum atomic E-state index is -4.06. The molecule has 7 nitrogen and oxygen atoms in total. The Hall–Kier alpha value is -2.16. The molecule has 1 unspecified atom stereocenters. The van der Waals surface area contributed by atoms with Crippen LogP contribution in [-0.2, 0) is 19.6 Å². The number of sulfonamides is 1.